The summed E-state index contributed by atoms with van der Waals surface area (Å²) in [6, 6.07) is 7.39. The molecule has 0 aliphatic carbocycles. The molecule has 1 aromatic carbocycles. The van der Waals surface area contributed by atoms with Crippen LogP contribution >= 0.6 is 0 Å². The van der Waals surface area contributed by atoms with E-state index in [4.69, 9.17) is 10.3 Å². The maximum atomic E-state index is 10.5. The maximum Gasteiger partial charge on any atom is 0.223 e. The van der Waals surface area contributed by atoms with Gasteiger partial charge in [-0.3, -0.25) is 0 Å². The molecular weight excluding hydrogens is 358 g/mol. The Morgan fingerprint density at radius 2 is 2.04 bits per heavy atom. The molecule has 4 aromatic rings. The summed E-state index contributed by atoms with van der Waals surface area (Å²) in [4.78, 5) is 12.2. The predicted molar refractivity (Wildman–Crippen MR) is 101 cm³/mol. The topological polar surface area (TPSA) is 129 Å². The molecule has 0 spiro atoms. The van der Waals surface area contributed by atoms with Crippen LogP contribution in [0.5, 0.6) is 0 Å². The van der Waals surface area contributed by atoms with E-state index < -0.39 is 5.60 Å². The molecule has 9 heteroatoms. The first-order valence-electron chi connectivity index (χ1n) is 8.48. The summed E-state index contributed by atoms with van der Waals surface area (Å²) in [7, 11) is 0. The second kappa shape index (κ2) is 6.44. The van der Waals surface area contributed by atoms with E-state index in [-0.39, 0.29) is 11.8 Å². The second-order valence-electron chi connectivity index (χ2n) is 6.46. The van der Waals surface area contributed by atoms with Crippen LogP contribution in [0.4, 0.5) is 5.95 Å². The van der Waals surface area contributed by atoms with Crippen molar-refractivity contribution >= 4 is 16.9 Å². The standard InChI is InChI=1S/C19H17N7O2/c1-11-14-5-4-13(6-8-19(3,27)17-22-12(2)28-25-17)10-15(14)26(24-11)16-7-9-21-18(20)23-16/h4-5,7,9-10,27H,1-3H3,(H2,20,21,23). The van der Waals surface area contributed by atoms with Crippen molar-refractivity contribution in [2.45, 2.75) is 26.4 Å². The van der Waals surface area contributed by atoms with Crippen LogP contribution in [0, 0.1) is 25.7 Å². The number of fused-ring (bicyclic) bond motifs is 1. The molecule has 0 aliphatic rings. The minimum absolute atomic E-state index is 0.121. The number of rotatable bonds is 2. The smallest absolute Gasteiger partial charge is 0.223 e. The van der Waals surface area contributed by atoms with Gasteiger partial charge in [0.05, 0.1) is 11.2 Å². The molecule has 4 rings (SSSR count). The van der Waals surface area contributed by atoms with Crippen LogP contribution in [0.15, 0.2) is 35.0 Å². The molecule has 0 saturated heterocycles. The van der Waals surface area contributed by atoms with Gasteiger partial charge >= 0.3 is 0 Å². The molecule has 0 bridgehead atoms. The van der Waals surface area contributed by atoms with Crippen molar-refractivity contribution in [2.75, 3.05) is 5.73 Å². The van der Waals surface area contributed by atoms with Crippen LogP contribution in [0.25, 0.3) is 16.7 Å². The Bertz CT molecular complexity index is 1240. The highest BCUT2D eigenvalue weighted by atomic mass is 16.5. The van der Waals surface area contributed by atoms with Gasteiger partial charge in [0.25, 0.3) is 0 Å². The van der Waals surface area contributed by atoms with E-state index in [0.717, 1.165) is 16.6 Å². The number of hydrogen-bond donors (Lipinski definition) is 2. The van der Waals surface area contributed by atoms with Crippen molar-refractivity contribution in [3.63, 3.8) is 0 Å². The lowest BCUT2D eigenvalue weighted by Crippen LogP contribution is -2.20. The van der Waals surface area contributed by atoms with Crippen LogP contribution in [0.1, 0.15) is 29.9 Å². The van der Waals surface area contributed by atoms with Gasteiger partial charge in [-0.05, 0) is 32.0 Å². The lowest BCUT2D eigenvalue weighted by Gasteiger charge is -2.10. The van der Waals surface area contributed by atoms with Gasteiger partial charge in [-0.15, -0.1) is 0 Å². The Kier molecular flexibility index (Phi) is 4.05. The lowest BCUT2D eigenvalue weighted by atomic mass is 10.1. The van der Waals surface area contributed by atoms with Crippen LogP contribution < -0.4 is 5.73 Å². The molecule has 0 saturated carbocycles. The normalized spacial score (nSPS) is 13.1. The average Bonchev–Trinajstić information content (AvgIpc) is 3.24. The summed E-state index contributed by atoms with van der Waals surface area (Å²) < 4.78 is 6.60. The van der Waals surface area contributed by atoms with Crippen LogP contribution in [-0.2, 0) is 5.60 Å². The fraction of sp³-hybridized carbons (Fsp3) is 0.211. The van der Waals surface area contributed by atoms with E-state index in [1.165, 1.54) is 6.92 Å². The minimum Gasteiger partial charge on any atom is -0.371 e. The number of nitrogens with two attached hydrogens (primary N) is 1. The Morgan fingerprint density at radius 1 is 1.21 bits per heavy atom. The van der Waals surface area contributed by atoms with Gasteiger partial charge in [0.2, 0.25) is 17.7 Å². The van der Waals surface area contributed by atoms with Crippen LogP contribution in [0.3, 0.4) is 0 Å². The van der Waals surface area contributed by atoms with E-state index in [2.05, 4.69) is 37.0 Å². The number of benzene rings is 1. The molecule has 0 fully saturated rings. The van der Waals surface area contributed by atoms with Gasteiger partial charge in [-0.25, -0.2) is 9.67 Å². The molecule has 1 unspecified atom stereocenters. The molecule has 0 amide bonds. The third-order valence-corrected chi connectivity index (χ3v) is 4.16. The number of anilines is 1. The first-order valence-corrected chi connectivity index (χ1v) is 8.48. The number of aryl methyl sites for hydroxylation is 2. The zero-order valence-corrected chi connectivity index (χ0v) is 15.5. The Labute approximate surface area is 160 Å². The Balaban J connectivity index is 1.77. The largest absolute Gasteiger partial charge is 0.371 e. The summed E-state index contributed by atoms with van der Waals surface area (Å²) >= 11 is 0. The molecule has 140 valence electrons. The van der Waals surface area contributed by atoms with Crippen molar-refractivity contribution in [3.8, 4) is 17.7 Å². The monoisotopic (exact) mass is 375 g/mol. The van der Waals surface area contributed by atoms with Gasteiger partial charge < -0.3 is 15.4 Å². The van der Waals surface area contributed by atoms with Crippen molar-refractivity contribution in [1.29, 1.82) is 0 Å². The van der Waals surface area contributed by atoms with Crippen LogP contribution in [0.2, 0.25) is 0 Å². The van der Waals surface area contributed by atoms with E-state index in [0.29, 0.717) is 17.3 Å². The number of nitrogens with zero attached hydrogens (tertiary/aromatic N) is 6. The van der Waals surface area contributed by atoms with Gasteiger partial charge in [0.1, 0.15) is 0 Å². The average molecular weight is 375 g/mol. The molecular formula is C19H17N7O2. The highest BCUT2D eigenvalue weighted by molar-refractivity contribution is 5.84. The maximum absolute atomic E-state index is 10.5. The van der Waals surface area contributed by atoms with Gasteiger partial charge in [0, 0.05) is 30.1 Å². The van der Waals surface area contributed by atoms with Crippen molar-refractivity contribution in [3.05, 3.63) is 53.4 Å². The van der Waals surface area contributed by atoms with Gasteiger partial charge in [-0.1, -0.05) is 17.0 Å². The first-order chi connectivity index (χ1) is 13.3. The Morgan fingerprint density at radius 3 is 2.75 bits per heavy atom. The van der Waals surface area contributed by atoms with E-state index in [9.17, 15) is 5.11 Å². The summed E-state index contributed by atoms with van der Waals surface area (Å²) in [5, 5.41) is 19.8. The third kappa shape index (κ3) is 3.17. The number of hydrogen-bond acceptors (Lipinski definition) is 8. The number of nitrogen functional groups attached to an aromatic ring is 1. The van der Waals surface area contributed by atoms with Crippen LogP contribution in [-0.4, -0.2) is 35.0 Å². The van der Waals surface area contributed by atoms with E-state index in [1.54, 1.807) is 23.9 Å². The number of aliphatic hydroxyl groups is 1. The molecule has 0 radical (unpaired) electrons. The quantitative estimate of drug-likeness (QED) is 0.506. The van der Waals surface area contributed by atoms with E-state index >= 15 is 0 Å². The van der Waals surface area contributed by atoms with E-state index in [1.807, 2.05) is 25.1 Å². The zero-order valence-electron chi connectivity index (χ0n) is 15.5. The Hall–Kier alpha value is -3.77. The molecule has 28 heavy (non-hydrogen) atoms. The zero-order chi connectivity index (χ0) is 19.9. The second-order valence-corrected chi connectivity index (χ2v) is 6.46. The minimum atomic E-state index is -1.54. The first kappa shape index (κ1) is 17.6. The summed E-state index contributed by atoms with van der Waals surface area (Å²) in [5.74, 6) is 6.97. The summed E-state index contributed by atoms with van der Waals surface area (Å²) in [5.41, 5.74) is 6.51. The summed E-state index contributed by atoms with van der Waals surface area (Å²) in [6.07, 6.45) is 1.58. The van der Waals surface area contributed by atoms with Crippen molar-refractivity contribution < 1.29 is 9.63 Å². The molecule has 3 N–H and O–H groups in total. The third-order valence-electron chi connectivity index (χ3n) is 4.16. The highest BCUT2D eigenvalue weighted by Crippen LogP contribution is 2.23. The highest BCUT2D eigenvalue weighted by Gasteiger charge is 2.26. The summed E-state index contributed by atoms with van der Waals surface area (Å²) in [6.45, 7) is 5.08. The van der Waals surface area contributed by atoms with Gasteiger partial charge in [0.15, 0.2) is 11.4 Å². The fourth-order valence-electron chi connectivity index (χ4n) is 2.75. The van der Waals surface area contributed by atoms with Gasteiger partial charge in [-0.2, -0.15) is 15.1 Å². The van der Waals surface area contributed by atoms with Crippen molar-refractivity contribution in [1.82, 2.24) is 29.9 Å². The lowest BCUT2D eigenvalue weighted by molar-refractivity contribution is 0.108. The fourth-order valence-corrected chi connectivity index (χ4v) is 2.75. The SMILES string of the molecule is Cc1nc(C(C)(O)C#Cc2ccc3c(C)nn(-c4ccnc(N)n4)c3c2)no1. The predicted octanol–water partition coefficient (Wildman–Crippen LogP) is 1.66. The molecule has 0 aliphatic heterocycles. The molecule has 3 aromatic heterocycles. The molecule has 3 heterocycles. The van der Waals surface area contributed by atoms with Crippen molar-refractivity contribution in [2.24, 2.45) is 0 Å². The number of aromatic nitrogens is 6. The molecule has 1 atom stereocenters. The molecule has 9 nitrogen and oxygen atoms in total.